The van der Waals surface area contributed by atoms with E-state index < -0.39 is 6.80 Å². The van der Waals surface area contributed by atoms with Crippen molar-refractivity contribution in [2.45, 2.75) is 26.7 Å². The Bertz CT molecular complexity index is 140. The molecule has 0 spiro atoms. The minimum atomic E-state index is -2.82. The first-order valence-electron chi connectivity index (χ1n) is 4.13. The number of rotatable bonds is 7. The van der Waals surface area contributed by atoms with E-state index >= 15 is 0 Å². The molecule has 74 valence electrons. The summed E-state index contributed by atoms with van der Waals surface area (Å²) in [7, 11) is 0. The molecule has 0 heterocycles. The Morgan fingerprint density at radius 3 is 1.83 bits per heavy atom. The Kier molecular flexibility index (Phi) is 7.25. The molecule has 0 amide bonds. The normalized spacial score (nSPS) is 11.9. The van der Waals surface area contributed by atoms with Crippen LogP contribution in [0, 0.1) is 0 Å². The molecule has 3 nitrogen and oxygen atoms in total. The second-order valence-corrected chi connectivity index (χ2v) is 6.51. The van der Waals surface area contributed by atoms with E-state index in [9.17, 15) is 4.57 Å². The Morgan fingerprint density at radius 1 is 1.17 bits per heavy atom. The van der Waals surface area contributed by atoms with Crippen LogP contribution in [0.3, 0.4) is 0 Å². The molecule has 0 fully saturated rings. The van der Waals surface area contributed by atoms with Crippen LogP contribution in [0.1, 0.15) is 26.7 Å². The summed E-state index contributed by atoms with van der Waals surface area (Å²) in [5.74, 6) is 0. The summed E-state index contributed by atoms with van der Waals surface area (Å²) in [5.41, 5.74) is 0. The molecule has 0 saturated heterocycles. The van der Waals surface area contributed by atoms with Crippen LogP contribution in [0.4, 0.5) is 0 Å². The second-order valence-electron chi connectivity index (χ2n) is 2.30. The average Bonchev–Trinajstić information content (AvgIpc) is 2.11. The maximum Gasteiger partial charge on any atom is 0.388 e. The highest BCUT2D eigenvalue weighted by Gasteiger charge is 2.21. The fourth-order valence-corrected chi connectivity index (χ4v) is 2.73. The van der Waals surface area contributed by atoms with Crippen molar-refractivity contribution in [1.82, 2.24) is 0 Å². The second kappa shape index (κ2) is 6.96. The van der Waals surface area contributed by atoms with Gasteiger partial charge in [0.05, 0.1) is 13.2 Å². The van der Waals surface area contributed by atoms with Crippen molar-refractivity contribution >= 4 is 18.2 Å². The standard InChI is InChI=1S/C7H17O3PS/c1-4-6-9-11(8,12-3)10-7-5-2/h4-7H2,1-3H3. The highest BCUT2D eigenvalue weighted by molar-refractivity contribution is 8.54. The van der Waals surface area contributed by atoms with Crippen LogP contribution in [-0.4, -0.2) is 19.5 Å². The molecule has 0 saturated carbocycles. The quantitative estimate of drug-likeness (QED) is 0.606. The first-order valence-corrected chi connectivity index (χ1v) is 7.50. The summed E-state index contributed by atoms with van der Waals surface area (Å²) in [4.78, 5) is 0. The van der Waals surface area contributed by atoms with Crippen molar-refractivity contribution in [3.63, 3.8) is 0 Å². The monoisotopic (exact) mass is 212 g/mol. The van der Waals surface area contributed by atoms with Crippen molar-refractivity contribution in [1.29, 1.82) is 0 Å². The highest BCUT2D eigenvalue weighted by atomic mass is 32.7. The molecule has 0 aromatic heterocycles. The van der Waals surface area contributed by atoms with Crippen LogP contribution >= 0.6 is 18.2 Å². The predicted molar refractivity (Wildman–Crippen MR) is 53.6 cm³/mol. The molecule has 0 aliphatic carbocycles. The van der Waals surface area contributed by atoms with Crippen LogP contribution in [-0.2, 0) is 13.6 Å². The number of hydrogen-bond donors (Lipinski definition) is 0. The molecular formula is C7H17O3PS. The summed E-state index contributed by atoms with van der Waals surface area (Å²) in [6.07, 6.45) is 3.46. The third-order valence-corrected chi connectivity index (χ3v) is 4.55. The lowest BCUT2D eigenvalue weighted by Crippen LogP contribution is -1.94. The van der Waals surface area contributed by atoms with E-state index in [-0.39, 0.29) is 0 Å². The van der Waals surface area contributed by atoms with Gasteiger partial charge < -0.3 is 9.05 Å². The van der Waals surface area contributed by atoms with Crippen LogP contribution in [0.2, 0.25) is 0 Å². The minimum Gasteiger partial charge on any atom is -0.301 e. The van der Waals surface area contributed by atoms with Gasteiger partial charge in [0, 0.05) is 0 Å². The largest absolute Gasteiger partial charge is 0.388 e. The van der Waals surface area contributed by atoms with E-state index in [4.69, 9.17) is 9.05 Å². The fraction of sp³-hybridized carbons (Fsp3) is 1.00. The molecule has 0 unspecified atom stereocenters. The Hall–Kier alpha value is 0.500. The van der Waals surface area contributed by atoms with Gasteiger partial charge in [-0.05, 0) is 30.5 Å². The Labute approximate surface area is 78.5 Å². The molecule has 0 radical (unpaired) electrons. The van der Waals surface area contributed by atoms with Gasteiger partial charge in [-0.15, -0.1) is 0 Å². The van der Waals surface area contributed by atoms with E-state index in [0.717, 1.165) is 24.2 Å². The van der Waals surface area contributed by atoms with Gasteiger partial charge in [-0.2, -0.15) is 0 Å². The smallest absolute Gasteiger partial charge is 0.301 e. The van der Waals surface area contributed by atoms with E-state index in [2.05, 4.69) is 0 Å². The van der Waals surface area contributed by atoms with E-state index in [1.54, 1.807) is 6.26 Å². The van der Waals surface area contributed by atoms with Crippen molar-refractivity contribution in [3.05, 3.63) is 0 Å². The van der Waals surface area contributed by atoms with Gasteiger partial charge in [0.1, 0.15) is 0 Å². The molecule has 0 bridgehead atoms. The van der Waals surface area contributed by atoms with E-state index in [0.29, 0.717) is 13.2 Å². The average molecular weight is 212 g/mol. The van der Waals surface area contributed by atoms with Gasteiger partial charge in [-0.3, -0.25) is 0 Å². The van der Waals surface area contributed by atoms with Crippen molar-refractivity contribution < 1.29 is 13.6 Å². The zero-order chi connectivity index (χ0) is 9.45. The molecule has 12 heavy (non-hydrogen) atoms. The Balaban J connectivity index is 3.79. The van der Waals surface area contributed by atoms with Crippen molar-refractivity contribution in [2.75, 3.05) is 19.5 Å². The SMILES string of the molecule is CCCOP(=O)(OCCC)SC. The van der Waals surface area contributed by atoms with Crippen LogP contribution in [0.5, 0.6) is 0 Å². The molecule has 0 N–H and O–H groups in total. The maximum absolute atomic E-state index is 11.6. The summed E-state index contributed by atoms with van der Waals surface area (Å²) in [5, 5.41) is 0. The first-order chi connectivity index (χ1) is 5.68. The van der Waals surface area contributed by atoms with Gasteiger partial charge in [-0.1, -0.05) is 13.8 Å². The van der Waals surface area contributed by atoms with Gasteiger partial charge >= 0.3 is 6.80 Å². The molecular weight excluding hydrogens is 195 g/mol. The third-order valence-electron chi connectivity index (χ3n) is 1.13. The van der Waals surface area contributed by atoms with E-state index in [1.165, 1.54) is 0 Å². The van der Waals surface area contributed by atoms with Crippen LogP contribution in [0.25, 0.3) is 0 Å². The summed E-state index contributed by atoms with van der Waals surface area (Å²) < 4.78 is 21.9. The summed E-state index contributed by atoms with van der Waals surface area (Å²) >= 11 is 1.16. The predicted octanol–water partition coefficient (Wildman–Crippen LogP) is 3.31. The number of hydrogen-bond acceptors (Lipinski definition) is 4. The van der Waals surface area contributed by atoms with E-state index in [1.807, 2.05) is 13.8 Å². The van der Waals surface area contributed by atoms with Gasteiger partial charge in [0.15, 0.2) is 0 Å². The highest BCUT2D eigenvalue weighted by Crippen LogP contribution is 2.59. The molecule has 0 aliphatic heterocycles. The molecule has 0 aromatic rings. The lowest BCUT2D eigenvalue weighted by Gasteiger charge is -2.14. The maximum atomic E-state index is 11.6. The lowest BCUT2D eigenvalue weighted by atomic mass is 10.5. The topological polar surface area (TPSA) is 35.5 Å². The van der Waals surface area contributed by atoms with Crippen molar-refractivity contribution in [3.8, 4) is 0 Å². The third kappa shape index (κ3) is 5.20. The molecule has 0 aromatic carbocycles. The zero-order valence-electron chi connectivity index (χ0n) is 7.91. The molecule has 0 rings (SSSR count). The minimum absolute atomic E-state index is 0.502. The molecule has 0 atom stereocenters. The van der Waals surface area contributed by atoms with Gasteiger partial charge in [0.25, 0.3) is 0 Å². The summed E-state index contributed by atoms with van der Waals surface area (Å²) in [6, 6.07) is 0. The Morgan fingerprint density at radius 2 is 1.58 bits per heavy atom. The fourth-order valence-electron chi connectivity index (χ4n) is 0.549. The van der Waals surface area contributed by atoms with Crippen molar-refractivity contribution in [2.24, 2.45) is 0 Å². The lowest BCUT2D eigenvalue weighted by molar-refractivity contribution is 0.220. The zero-order valence-corrected chi connectivity index (χ0v) is 9.62. The van der Waals surface area contributed by atoms with Crippen LogP contribution < -0.4 is 0 Å². The summed E-state index contributed by atoms with van der Waals surface area (Å²) in [6.45, 7) is 2.14. The molecule has 5 heteroatoms. The van der Waals surface area contributed by atoms with Crippen LogP contribution in [0.15, 0.2) is 0 Å². The van der Waals surface area contributed by atoms with Gasteiger partial charge in [0.2, 0.25) is 0 Å². The van der Waals surface area contributed by atoms with Gasteiger partial charge in [-0.25, -0.2) is 4.57 Å². The first kappa shape index (κ1) is 12.5. The molecule has 0 aliphatic rings.